The van der Waals surface area contributed by atoms with Gasteiger partial charge < -0.3 is 63.6 Å². The van der Waals surface area contributed by atoms with Gasteiger partial charge in [0.1, 0.15) is 30.2 Å². The Kier molecular flexibility index (Phi) is 30.4. The average Bonchev–Trinajstić information content (AvgIpc) is 3.35. The van der Waals surface area contributed by atoms with Gasteiger partial charge in [-0.3, -0.25) is 33.6 Å². The number of carboxylic acid groups (broad SMARTS) is 3. The zero-order chi connectivity index (χ0) is 53.8. The monoisotopic (exact) mass is 1020 g/mol. The smallest absolute Gasteiger partial charge is 0.326 e. The molecule has 73 heavy (non-hydrogen) atoms. The van der Waals surface area contributed by atoms with Crippen LogP contribution in [0.3, 0.4) is 0 Å². The number of amides is 8. The van der Waals surface area contributed by atoms with Crippen molar-refractivity contribution in [2.24, 2.45) is 10.8 Å². The topological polar surface area (TPSA) is 402 Å². The van der Waals surface area contributed by atoms with E-state index in [1.807, 2.05) is 29.6 Å². The third-order valence-corrected chi connectivity index (χ3v) is 11.1. The number of carboxylic acids is 3. The summed E-state index contributed by atoms with van der Waals surface area (Å²) < 4.78 is 0. The molecule has 2 rings (SSSR count). The Hall–Kier alpha value is -7.79. The van der Waals surface area contributed by atoms with E-state index in [9.17, 15) is 58.2 Å². The minimum atomic E-state index is -1.56. The minimum absolute atomic E-state index is 0.00340. The first-order chi connectivity index (χ1) is 35.0. The molecule has 0 aliphatic carbocycles. The summed E-state index contributed by atoms with van der Waals surface area (Å²) in [4.78, 5) is 127. The fourth-order valence-corrected chi connectivity index (χ4v) is 7.17. The van der Waals surface area contributed by atoms with Crippen molar-refractivity contribution in [3.63, 3.8) is 0 Å². The van der Waals surface area contributed by atoms with Crippen molar-refractivity contribution < 1.29 is 63.3 Å². The molecule has 0 saturated heterocycles. The zero-order valence-electron chi connectivity index (χ0n) is 40.9. The first kappa shape index (κ1) is 61.3. The van der Waals surface area contributed by atoms with Crippen molar-refractivity contribution in [2.75, 3.05) is 32.7 Å². The van der Waals surface area contributed by atoms with Gasteiger partial charge in [-0.25, -0.2) is 14.4 Å². The van der Waals surface area contributed by atoms with Crippen molar-refractivity contribution in [3.8, 4) is 0 Å². The Bertz CT molecular complexity index is 2150. The first-order valence-corrected chi connectivity index (χ1v) is 24.3. The van der Waals surface area contributed by atoms with E-state index in [0.29, 0.717) is 57.9 Å². The summed E-state index contributed by atoms with van der Waals surface area (Å²) in [5.74, 6) is -7.12. The van der Waals surface area contributed by atoms with Crippen molar-refractivity contribution in [1.82, 2.24) is 42.5 Å². The van der Waals surface area contributed by atoms with E-state index in [2.05, 4.69) is 47.2 Å². The number of nitrogens with zero attached hydrogens (tertiary/aromatic N) is 3. The molecule has 2 aromatic rings. The van der Waals surface area contributed by atoms with Crippen LogP contribution >= 0.6 is 0 Å². The molecule has 0 radical (unpaired) electrons. The number of aliphatic carboxylic acids is 3. The van der Waals surface area contributed by atoms with Crippen molar-refractivity contribution in [2.45, 2.75) is 133 Å². The molecule has 0 aliphatic heterocycles. The Labute approximate surface area is 422 Å². The maximum absolute atomic E-state index is 14.0. The number of benzene rings is 2. The summed E-state index contributed by atoms with van der Waals surface area (Å²) in [6, 6.07) is 10.9. The lowest BCUT2D eigenvalue weighted by molar-refractivity contribution is -0.141. The third kappa shape index (κ3) is 28.0. The van der Waals surface area contributed by atoms with Crippen LogP contribution in [0.5, 0.6) is 0 Å². The summed E-state index contributed by atoms with van der Waals surface area (Å²) >= 11 is 0. The van der Waals surface area contributed by atoms with Crippen LogP contribution < -0.4 is 48.3 Å². The quantitative estimate of drug-likeness (QED) is 0.0195. The highest BCUT2D eigenvalue weighted by Gasteiger charge is 2.29. The molecule has 5 atom stereocenters. The molecule has 0 bridgehead atoms. The number of nitrogens with two attached hydrogens (primary N) is 1. The largest absolute Gasteiger partial charge is 0.481 e. The maximum Gasteiger partial charge on any atom is 0.326 e. The fourth-order valence-electron chi connectivity index (χ4n) is 7.17. The molecule has 0 aromatic heterocycles. The third-order valence-electron chi connectivity index (χ3n) is 11.1. The van der Waals surface area contributed by atoms with Gasteiger partial charge in [0.05, 0.1) is 0 Å². The molecule has 400 valence electrons. The van der Waals surface area contributed by atoms with Crippen LogP contribution in [-0.2, 0) is 56.0 Å². The van der Waals surface area contributed by atoms with Gasteiger partial charge in [-0.05, 0) is 68.1 Å². The molecule has 0 fully saturated rings. The molecule has 13 N–H and O–H groups in total. The first-order valence-electron chi connectivity index (χ1n) is 24.3. The van der Waals surface area contributed by atoms with Crippen LogP contribution in [0.2, 0.25) is 0 Å². The number of hydrogen-bond acceptors (Lipinski definition) is 12. The number of azide groups is 1. The molecule has 25 nitrogen and oxygen atoms in total. The highest BCUT2D eigenvalue weighted by Crippen LogP contribution is 2.10. The number of rotatable bonds is 38. The molecule has 0 unspecified atom stereocenters. The second-order valence-corrected chi connectivity index (χ2v) is 17.0. The van der Waals surface area contributed by atoms with Crippen molar-refractivity contribution in [3.05, 3.63) is 82.2 Å². The maximum atomic E-state index is 14.0. The van der Waals surface area contributed by atoms with Crippen LogP contribution in [0, 0.1) is 0 Å². The highest BCUT2D eigenvalue weighted by atomic mass is 16.4. The van der Waals surface area contributed by atoms with Gasteiger partial charge in [-0.1, -0.05) is 85.0 Å². The SMILES string of the molecule is [N-]=[N+]=NCCC(=O)N[C@@H](CCCCN)C(=O)NCCNC(=O)[C@H](Cc1ccccc1)NC(=O)[C@H](Cc1ccccc1)NC(=O)CCCCCCCNC(=O)CC[C@H](NC(=O)N[C@@H](CCC(=O)O)C(=O)O)C(=O)O. The minimum Gasteiger partial charge on any atom is -0.481 e. The fraction of sp³-hybridized carbons (Fsp3) is 0.542. The van der Waals surface area contributed by atoms with Gasteiger partial charge in [0.2, 0.25) is 35.4 Å². The van der Waals surface area contributed by atoms with E-state index in [4.69, 9.17) is 16.4 Å². The van der Waals surface area contributed by atoms with Crippen LogP contribution in [0.15, 0.2) is 65.8 Å². The van der Waals surface area contributed by atoms with E-state index in [-0.39, 0.29) is 70.6 Å². The average molecular weight is 1020 g/mol. The second-order valence-electron chi connectivity index (χ2n) is 17.0. The molecule has 0 heterocycles. The highest BCUT2D eigenvalue weighted by molar-refractivity contribution is 5.93. The van der Waals surface area contributed by atoms with E-state index in [1.165, 1.54) is 0 Å². The zero-order valence-corrected chi connectivity index (χ0v) is 40.9. The Morgan fingerprint density at radius 2 is 1.00 bits per heavy atom. The van der Waals surface area contributed by atoms with Gasteiger partial charge in [-0.15, -0.1) is 0 Å². The predicted octanol–water partition coefficient (Wildman–Crippen LogP) is 1.30. The van der Waals surface area contributed by atoms with Crippen molar-refractivity contribution >= 4 is 59.4 Å². The van der Waals surface area contributed by atoms with E-state index in [1.54, 1.807) is 36.4 Å². The molecule has 2 aromatic carbocycles. The summed E-state index contributed by atoms with van der Waals surface area (Å²) in [7, 11) is 0. The molecule has 25 heteroatoms. The van der Waals surface area contributed by atoms with Crippen molar-refractivity contribution in [1.29, 1.82) is 0 Å². The molecule has 0 saturated carbocycles. The number of hydrogen-bond donors (Lipinski definition) is 12. The predicted molar refractivity (Wildman–Crippen MR) is 265 cm³/mol. The van der Waals surface area contributed by atoms with Gasteiger partial charge in [0.15, 0.2) is 0 Å². The van der Waals surface area contributed by atoms with Crippen LogP contribution in [0.25, 0.3) is 10.4 Å². The second kappa shape index (κ2) is 36.2. The van der Waals surface area contributed by atoms with Gasteiger partial charge in [0, 0.05) is 69.6 Å². The Morgan fingerprint density at radius 1 is 0.493 bits per heavy atom. The van der Waals surface area contributed by atoms with Gasteiger partial charge in [0.25, 0.3) is 0 Å². The summed E-state index contributed by atoms with van der Waals surface area (Å²) in [5, 5.41) is 51.4. The lowest BCUT2D eigenvalue weighted by Crippen LogP contribution is -2.55. The Balaban J connectivity index is 1.90. The number of urea groups is 1. The van der Waals surface area contributed by atoms with E-state index >= 15 is 0 Å². The Morgan fingerprint density at radius 3 is 1.55 bits per heavy atom. The summed E-state index contributed by atoms with van der Waals surface area (Å²) in [6.07, 6.45) is 3.42. The molecule has 0 spiro atoms. The van der Waals surface area contributed by atoms with Crippen LogP contribution in [-0.4, -0.2) is 138 Å². The number of nitrogens with one attached hydrogen (secondary N) is 8. The molecule has 0 aliphatic rings. The molecular weight excluding hydrogens is 953 g/mol. The summed E-state index contributed by atoms with van der Waals surface area (Å²) in [6.45, 7) is 0.616. The standard InChI is InChI=1S/C48H70N12O13/c49-25-12-11-18-34(55-41(63)24-27-54-60-50)43(66)52-28-29-53-44(67)37(30-32-14-6-4-7-15-32)57-45(68)38(31-33-16-8-5-9-17-33)56-40(62)19-10-2-1-3-13-26-51-39(61)22-20-35(46(69)70)58-48(73)59-36(47(71)72)21-23-42(64)65/h4-9,14-17,34-38H,1-3,10-13,18-31,49H2,(H,51,61)(H,52,66)(H,53,67)(H,55,63)(H,56,62)(H,57,68)(H,64,65)(H,69,70)(H,71,72)(H2,58,59,73)/t34-,35-,36-,37-,38-/m0/s1. The lowest BCUT2D eigenvalue weighted by atomic mass is 10.0. The molecule has 8 amide bonds. The lowest BCUT2D eigenvalue weighted by Gasteiger charge is -2.24. The van der Waals surface area contributed by atoms with Crippen LogP contribution in [0.4, 0.5) is 4.79 Å². The van der Waals surface area contributed by atoms with Gasteiger partial charge >= 0.3 is 23.9 Å². The van der Waals surface area contributed by atoms with E-state index < -0.39 is 96.5 Å². The number of carbonyl (C=O) groups is 10. The normalized spacial score (nSPS) is 12.7. The molecular formula is C48H70N12O13. The number of carbonyl (C=O) groups excluding carboxylic acids is 7. The number of unbranched alkanes of at least 4 members (excludes halogenated alkanes) is 5. The summed E-state index contributed by atoms with van der Waals surface area (Å²) in [5.41, 5.74) is 15.6. The van der Waals surface area contributed by atoms with Crippen LogP contribution in [0.1, 0.15) is 101 Å². The van der Waals surface area contributed by atoms with E-state index in [0.717, 1.165) is 11.1 Å². The van der Waals surface area contributed by atoms with Gasteiger partial charge in [-0.2, -0.15) is 0 Å².